The Bertz CT molecular complexity index is 1300. The van der Waals surface area contributed by atoms with E-state index in [0.717, 1.165) is 17.7 Å². The van der Waals surface area contributed by atoms with E-state index in [4.69, 9.17) is 4.74 Å². The highest BCUT2D eigenvalue weighted by atomic mass is 32.2. The molecule has 36 heavy (non-hydrogen) atoms. The quantitative estimate of drug-likeness (QED) is 0.356. The molecule has 0 bridgehead atoms. The zero-order chi connectivity index (χ0) is 26.3. The normalized spacial score (nSPS) is 12.5. The lowest BCUT2D eigenvalue weighted by Gasteiger charge is -2.18. The Balaban J connectivity index is 1.84. The molecule has 3 aromatic carbocycles. The summed E-state index contributed by atoms with van der Waals surface area (Å²) in [5.74, 6) is -1.00. The van der Waals surface area contributed by atoms with E-state index in [1.165, 1.54) is 30.3 Å². The van der Waals surface area contributed by atoms with Crippen LogP contribution in [0.25, 0.3) is 0 Å². The van der Waals surface area contributed by atoms with Gasteiger partial charge in [0.05, 0.1) is 12.3 Å². The molecule has 3 N–H and O–H groups in total. The molecule has 0 saturated carbocycles. The minimum atomic E-state index is -4.92. The highest BCUT2D eigenvalue weighted by molar-refractivity contribution is 7.92. The van der Waals surface area contributed by atoms with Crippen molar-refractivity contribution in [1.82, 2.24) is 5.32 Å². The van der Waals surface area contributed by atoms with Gasteiger partial charge in [0.25, 0.3) is 10.0 Å². The number of amides is 1. The van der Waals surface area contributed by atoms with Crippen LogP contribution in [0.3, 0.4) is 0 Å². The van der Waals surface area contributed by atoms with Gasteiger partial charge in [-0.1, -0.05) is 36.4 Å². The summed E-state index contributed by atoms with van der Waals surface area (Å²) in [4.78, 5) is 12.6. The van der Waals surface area contributed by atoms with Gasteiger partial charge in [0, 0.05) is 17.8 Å². The molecule has 1 amide bonds. The Morgan fingerprint density at radius 3 is 2.33 bits per heavy atom. The number of ether oxygens (including phenoxy) is 2. The molecule has 3 aromatic rings. The minimum Gasteiger partial charge on any atom is -0.492 e. The van der Waals surface area contributed by atoms with E-state index in [-0.39, 0.29) is 28.8 Å². The van der Waals surface area contributed by atoms with E-state index >= 15 is 0 Å². The molecule has 0 saturated heterocycles. The molecule has 0 aliphatic heterocycles. The van der Waals surface area contributed by atoms with Crippen molar-refractivity contribution in [3.05, 3.63) is 78.4 Å². The molecular weight excluding hydrogens is 499 g/mol. The topological polar surface area (TPSA) is 106 Å². The summed E-state index contributed by atoms with van der Waals surface area (Å²) in [7, 11) is -2.63. The number of likely N-dealkylation sites (N-methyl/N-ethyl adjacent to an activating group) is 1. The SMILES string of the molecule is CCOc1cc(NC(=O)C(NC)c2ccccc2)ccc1S(=O)(=O)Nc1cccc(OC(F)(F)F)c1. The van der Waals surface area contributed by atoms with Crippen molar-refractivity contribution in [3.63, 3.8) is 0 Å². The number of hydrogen-bond donors (Lipinski definition) is 3. The van der Waals surface area contributed by atoms with Crippen LogP contribution in [-0.2, 0) is 14.8 Å². The molecule has 8 nitrogen and oxygen atoms in total. The first-order chi connectivity index (χ1) is 17.0. The van der Waals surface area contributed by atoms with E-state index in [2.05, 4.69) is 20.1 Å². The summed E-state index contributed by atoms with van der Waals surface area (Å²) < 4.78 is 75.1. The van der Waals surface area contributed by atoms with Crippen LogP contribution >= 0.6 is 0 Å². The molecule has 0 spiro atoms. The maximum absolute atomic E-state index is 13.0. The predicted molar refractivity (Wildman–Crippen MR) is 128 cm³/mol. The summed E-state index contributed by atoms with van der Waals surface area (Å²) in [6.07, 6.45) is -4.92. The first kappa shape index (κ1) is 26.8. The van der Waals surface area contributed by atoms with Crippen molar-refractivity contribution in [2.24, 2.45) is 0 Å². The van der Waals surface area contributed by atoms with E-state index in [0.29, 0.717) is 5.69 Å². The third-order valence-electron chi connectivity index (χ3n) is 4.80. The van der Waals surface area contributed by atoms with Gasteiger partial charge in [-0.05, 0) is 43.8 Å². The molecule has 0 aromatic heterocycles. The highest BCUT2D eigenvalue weighted by Gasteiger charge is 2.31. The third kappa shape index (κ3) is 7.12. The van der Waals surface area contributed by atoms with Crippen molar-refractivity contribution in [3.8, 4) is 11.5 Å². The van der Waals surface area contributed by atoms with Crippen LogP contribution in [0.2, 0.25) is 0 Å². The molecule has 3 rings (SSSR count). The number of nitrogens with one attached hydrogen (secondary N) is 3. The predicted octanol–water partition coefficient (Wildman–Crippen LogP) is 4.68. The monoisotopic (exact) mass is 523 g/mol. The van der Waals surface area contributed by atoms with Crippen LogP contribution in [0.5, 0.6) is 11.5 Å². The fraction of sp³-hybridized carbons (Fsp3) is 0.208. The Labute approximate surface area is 206 Å². The van der Waals surface area contributed by atoms with E-state index in [9.17, 15) is 26.4 Å². The number of carbonyl (C=O) groups excluding carboxylic acids is 1. The lowest BCUT2D eigenvalue weighted by Crippen LogP contribution is -2.30. The van der Waals surface area contributed by atoms with Crippen LogP contribution < -0.4 is 24.8 Å². The number of benzene rings is 3. The molecule has 0 aliphatic rings. The Hall–Kier alpha value is -3.77. The summed E-state index contributed by atoms with van der Waals surface area (Å²) in [5.41, 5.74) is 0.887. The summed E-state index contributed by atoms with van der Waals surface area (Å²) >= 11 is 0. The first-order valence-corrected chi connectivity index (χ1v) is 12.2. The number of sulfonamides is 1. The molecule has 1 atom stereocenters. The van der Waals surface area contributed by atoms with E-state index in [1.54, 1.807) is 38.2 Å². The maximum atomic E-state index is 13.0. The summed E-state index contributed by atoms with van der Waals surface area (Å²) in [6, 6.07) is 16.8. The number of hydrogen-bond acceptors (Lipinski definition) is 6. The lowest BCUT2D eigenvalue weighted by molar-refractivity contribution is -0.274. The van der Waals surface area contributed by atoms with Gasteiger partial charge < -0.3 is 20.1 Å². The van der Waals surface area contributed by atoms with Crippen LogP contribution in [0.1, 0.15) is 18.5 Å². The second-order valence-corrected chi connectivity index (χ2v) is 9.05. The fourth-order valence-electron chi connectivity index (χ4n) is 3.35. The van der Waals surface area contributed by atoms with Crippen LogP contribution in [0, 0.1) is 0 Å². The van der Waals surface area contributed by atoms with Crippen molar-refractivity contribution >= 4 is 27.3 Å². The van der Waals surface area contributed by atoms with Gasteiger partial charge in [-0.25, -0.2) is 8.42 Å². The van der Waals surface area contributed by atoms with Gasteiger partial charge in [0.2, 0.25) is 5.91 Å². The number of carbonyl (C=O) groups is 1. The molecule has 0 aliphatic carbocycles. The van der Waals surface area contributed by atoms with Gasteiger partial charge >= 0.3 is 6.36 Å². The average Bonchev–Trinajstić information content (AvgIpc) is 2.79. The number of rotatable bonds is 10. The second kappa shape index (κ2) is 11.3. The van der Waals surface area contributed by atoms with Gasteiger partial charge in [0.1, 0.15) is 22.4 Å². The van der Waals surface area contributed by atoms with Crippen molar-refractivity contribution in [2.75, 3.05) is 23.7 Å². The third-order valence-corrected chi connectivity index (χ3v) is 6.22. The standard InChI is InChI=1S/C24H24F3N3O5S/c1-3-34-20-15-17(29-23(31)22(28-2)16-8-5-4-6-9-16)12-13-21(20)36(32,33)30-18-10-7-11-19(14-18)35-24(25,26)27/h4-15,22,28,30H,3H2,1-2H3,(H,29,31). The Morgan fingerprint density at radius 1 is 0.972 bits per heavy atom. The summed E-state index contributed by atoms with van der Waals surface area (Å²) in [5, 5.41) is 5.66. The van der Waals surface area contributed by atoms with Gasteiger partial charge in [0.15, 0.2) is 0 Å². The number of anilines is 2. The van der Waals surface area contributed by atoms with Gasteiger partial charge in [-0.2, -0.15) is 0 Å². The molecule has 192 valence electrons. The summed E-state index contributed by atoms with van der Waals surface area (Å²) in [6.45, 7) is 1.78. The maximum Gasteiger partial charge on any atom is 0.573 e. The molecule has 0 heterocycles. The zero-order valence-electron chi connectivity index (χ0n) is 19.3. The number of alkyl halides is 3. The highest BCUT2D eigenvalue weighted by Crippen LogP contribution is 2.31. The molecule has 1 unspecified atom stereocenters. The van der Waals surface area contributed by atoms with Crippen molar-refractivity contribution < 1.29 is 35.9 Å². The molecule has 0 fully saturated rings. The fourth-order valence-corrected chi connectivity index (χ4v) is 4.53. The van der Waals surface area contributed by atoms with Crippen LogP contribution in [0.4, 0.5) is 24.5 Å². The molecule has 0 radical (unpaired) electrons. The number of halogens is 3. The lowest BCUT2D eigenvalue weighted by atomic mass is 10.1. The first-order valence-electron chi connectivity index (χ1n) is 10.7. The minimum absolute atomic E-state index is 0.0498. The largest absolute Gasteiger partial charge is 0.573 e. The Kier molecular flexibility index (Phi) is 8.43. The van der Waals surface area contributed by atoms with E-state index in [1.807, 2.05) is 6.07 Å². The second-order valence-electron chi connectivity index (χ2n) is 7.40. The van der Waals surface area contributed by atoms with Crippen LogP contribution in [0.15, 0.2) is 77.7 Å². The zero-order valence-corrected chi connectivity index (χ0v) is 20.1. The van der Waals surface area contributed by atoms with Gasteiger partial charge in [-0.15, -0.1) is 13.2 Å². The van der Waals surface area contributed by atoms with Gasteiger partial charge in [-0.3, -0.25) is 9.52 Å². The molecular formula is C24H24F3N3O5S. The molecule has 12 heteroatoms. The average molecular weight is 524 g/mol. The smallest absolute Gasteiger partial charge is 0.492 e. The Morgan fingerprint density at radius 2 is 1.69 bits per heavy atom. The van der Waals surface area contributed by atoms with Crippen LogP contribution in [-0.4, -0.2) is 34.3 Å². The van der Waals surface area contributed by atoms with Crippen molar-refractivity contribution in [1.29, 1.82) is 0 Å². The van der Waals surface area contributed by atoms with Crippen molar-refractivity contribution in [2.45, 2.75) is 24.2 Å². The van der Waals surface area contributed by atoms with E-state index < -0.39 is 28.2 Å².